The number of aliphatic imine (C=N–C) groups is 1. The number of nitrogens with zero attached hydrogens (tertiary/aromatic N) is 1. The molecule has 0 heterocycles. The summed E-state index contributed by atoms with van der Waals surface area (Å²) in [6.45, 7) is -0.234. The molecule has 0 saturated heterocycles. The molecule has 0 aliphatic heterocycles. The van der Waals surface area contributed by atoms with E-state index in [2.05, 4.69) is 10.3 Å². The first kappa shape index (κ1) is 15.4. The Morgan fingerprint density at radius 1 is 1.10 bits per heavy atom. The van der Waals surface area contributed by atoms with E-state index >= 15 is 0 Å². The van der Waals surface area contributed by atoms with Crippen LogP contribution in [0.2, 0.25) is 0 Å². The molecule has 0 aromatic carbocycles. The fourth-order valence-electron chi connectivity index (χ4n) is 3.05. The summed E-state index contributed by atoms with van der Waals surface area (Å²) >= 11 is 0. The molecule has 0 atom stereocenters. The first-order valence-corrected chi connectivity index (χ1v) is 7.56. The highest BCUT2D eigenvalue weighted by atomic mass is 19.4. The Bertz CT molecular complexity index is 340. The van der Waals surface area contributed by atoms with E-state index in [1.807, 2.05) is 0 Å². The van der Waals surface area contributed by atoms with Crippen LogP contribution in [0.3, 0.4) is 0 Å². The van der Waals surface area contributed by atoms with Crippen LogP contribution in [0.15, 0.2) is 4.99 Å². The molecule has 0 aromatic heterocycles. The predicted octanol–water partition coefficient (Wildman–Crippen LogP) is 3.35. The minimum atomic E-state index is -4.17. The van der Waals surface area contributed by atoms with Crippen LogP contribution < -0.4 is 11.1 Å². The standard InChI is InChI=1S/C14H24F3N3/c15-14(16,17)13(8-5-9-13)10-19-12(18)20-11-6-3-1-2-4-7-11/h11H,1-10H2,(H3,18,19,20). The van der Waals surface area contributed by atoms with Crippen molar-refractivity contribution in [1.82, 2.24) is 5.32 Å². The number of guanidine groups is 1. The highest BCUT2D eigenvalue weighted by molar-refractivity contribution is 5.78. The highest BCUT2D eigenvalue weighted by Gasteiger charge is 2.58. The van der Waals surface area contributed by atoms with Crippen LogP contribution in [-0.2, 0) is 0 Å². The molecule has 2 aliphatic carbocycles. The highest BCUT2D eigenvalue weighted by Crippen LogP contribution is 2.53. The number of nitrogens with two attached hydrogens (primary N) is 1. The third-order valence-corrected chi connectivity index (χ3v) is 4.67. The SMILES string of the molecule is NC(=NCC1(C(F)(F)F)CCC1)NC1CCCCCC1. The fraction of sp³-hybridized carbons (Fsp3) is 0.929. The smallest absolute Gasteiger partial charge is 0.370 e. The lowest BCUT2D eigenvalue weighted by atomic mass is 9.68. The van der Waals surface area contributed by atoms with Crippen molar-refractivity contribution in [2.75, 3.05) is 6.54 Å². The predicted molar refractivity (Wildman–Crippen MR) is 73.5 cm³/mol. The minimum absolute atomic E-state index is 0.174. The Morgan fingerprint density at radius 2 is 1.70 bits per heavy atom. The van der Waals surface area contributed by atoms with E-state index in [0.29, 0.717) is 6.42 Å². The van der Waals surface area contributed by atoms with Crippen molar-refractivity contribution in [2.45, 2.75) is 70.0 Å². The second kappa shape index (κ2) is 6.22. The number of hydrogen-bond acceptors (Lipinski definition) is 1. The summed E-state index contributed by atoms with van der Waals surface area (Å²) in [5, 5.41) is 3.09. The molecule has 2 rings (SSSR count). The number of rotatable bonds is 3. The van der Waals surface area contributed by atoms with Crippen molar-refractivity contribution in [1.29, 1.82) is 0 Å². The Balaban J connectivity index is 1.86. The summed E-state index contributed by atoms with van der Waals surface area (Å²) < 4.78 is 39.0. The van der Waals surface area contributed by atoms with Gasteiger partial charge in [-0.1, -0.05) is 32.1 Å². The van der Waals surface area contributed by atoms with Crippen LogP contribution in [0, 0.1) is 5.41 Å². The van der Waals surface area contributed by atoms with Gasteiger partial charge in [0.1, 0.15) is 0 Å². The van der Waals surface area contributed by atoms with Crippen molar-refractivity contribution in [2.24, 2.45) is 16.1 Å². The number of halogens is 3. The molecule has 0 amide bonds. The molecule has 20 heavy (non-hydrogen) atoms. The van der Waals surface area contributed by atoms with Crippen LogP contribution in [0.1, 0.15) is 57.8 Å². The van der Waals surface area contributed by atoms with Gasteiger partial charge in [0, 0.05) is 6.04 Å². The lowest BCUT2D eigenvalue weighted by Crippen LogP contribution is -2.47. The second-order valence-electron chi connectivity index (χ2n) is 6.17. The van der Waals surface area contributed by atoms with E-state index in [1.54, 1.807) is 0 Å². The summed E-state index contributed by atoms with van der Waals surface area (Å²) in [5.74, 6) is 0.174. The Morgan fingerprint density at radius 3 is 2.15 bits per heavy atom. The molecule has 0 unspecified atom stereocenters. The zero-order chi connectivity index (χ0) is 14.6. The van der Waals surface area contributed by atoms with E-state index < -0.39 is 11.6 Å². The topological polar surface area (TPSA) is 50.4 Å². The van der Waals surface area contributed by atoms with Crippen molar-refractivity contribution < 1.29 is 13.2 Å². The molecule has 3 nitrogen and oxygen atoms in total. The lowest BCUT2D eigenvalue weighted by Gasteiger charge is -2.42. The first-order valence-electron chi connectivity index (χ1n) is 7.56. The van der Waals surface area contributed by atoms with Crippen LogP contribution in [0.5, 0.6) is 0 Å². The van der Waals surface area contributed by atoms with Crippen LogP contribution in [-0.4, -0.2) is 24.7 Å². The molecule has 6 heteroatoms. The van der Waals surface area contributed by atoms with Crippen LogP contribution in [0.4, 0.5) is 13.2 Å². The average Bonchev–Trinajstić information content (AvgIpc) is 2.54. The molecule has 0 bridgehead atoms. The summed E-state index contributed by atoms with van der Waals surface area (Å²) in [5.41, 5.74) is 4.13. The molecule has 2 fully saturated rings. The molecule has 3 N–H and O–H groups in total. The normalized spacial score (nSPS) is 24.9. The van der Waals surface area contributed by atoms with E-state index in [9.17, 15) is 13.2 Å². The quantitative estimate of drug-likeness (QED) is 0.476. The van der Waals surface area contributed by atoms with Gasteiger partial charge in [0.25, 0.3) is 0 Å². The van der Waals surface area contributed by atoms with E-state index in [1.165, 1.54) is 12.8 Å². The van der Waals surface area contributed by atoms with Gasteiger partial charge in [0.2, 0.25) is 0 Å². The van der Waals surface area contributed by atoms with Gasteiger partial charge in [-0.25, -0.2) is 0 Å². The molecule has 2 aliphatic rings. The van der Waals surface area contributed by atoms with E-state index in [0.717, 1.165) is 25.7 Å². The zero-order valence-corrected chi connectivity index (χ0v) is 11.8. The van der Waals surface area contributed by atoms with Gasteiger partial charge < -0.3 is 11.1 Å². The Kier molecular flexibility index (Phi) is 4.81. The second-order valence-corrected chi connectivity index (χ2v) is 6.17. The van der Waals surface area contributed by atoms with Gasteiger partial charge >= 0.3 is 6.18 Å². The van der Waals surface area contributed by atoms with Crippen molar-refractivity contribution >= 4 is 5.96 Å². The summed E-state index contributed by atoms with van der Waals surface area (Å²) in [6, 6.07) is 0.268. The van der Waals surface area contributed by atoms with Gasteiger partial charge in [-0.15, -0.1) is 0 Å². The van der Waals surface area contributed by atoms with E-state index in [-0.39, 0.29) is 31.4 Å². The first-order chi connectivity index (χ1) is 9.43. The number of nitrogens with one attached hydrogen (secondary N) is 1. The number of hydrogen-bond donors (Lipinski definition) is 2. The molecule has 0 aromatic rings. The van der Waals surface area contributed by atoms with E-state index in [4.69, 9.17) is 5.73 Å². The maximum Gasteiger partial charge on any atom is 0.396 e. The monoisotopic (exact) mass is 291 g/mol. The molecular weight excluding hydrogens is 267 g/mol. The van der Waals surface area contributed by atoms with Gasteiger partial charge in [-0.3, -0.25) is 4.99 Å². The third-order valence-electron chi connectivity index (χ3n) is 4.67. The van der Waals surface area contributed by atoms with Gasteiger partial charge in [-0.05, 0) is 25.7 Å². The maximum absolute atomic E-state index is 13.0. The summed E-state index contributed by atoms with van der Waals surface area (Å²) in [6.07, 6.45) is 3.63. The fourth-order valence-corrected chi connectivity index (χ4v) is 3.05. The summed E-state index contributed by atoms with van der Waals surface area (Å²) in [7, 11) is 0. The van der Waals surface area contributed by atoms with Crippen LogP contribution >= 0.6 is 0 Å². The Hall–Kier alpha value is -0.940. The zero-order valence-electron chi connectivity index (χ0n) is 11.8. The van der Waals surface area contributed by atoms with Crippen molar-refractivity contribution in [3.05, 3.63) is 0 Å². The number of alkyl halides is 3. The molecular formula is C14H24F3N3. The molecule has 0 radical (unpaired) electrons. The average molecular weight is 291 g/mol. The maximum atomic E-state index is 13.0. The van der Waals surface area contributed by atoms with Crippen molar-refractivity contribution in [3.8, 4) is 0 Å². The van der Waals surface area contributed by atoms with Gasteiger partial charge in [0.15, 0.2) is 5.96 Å². The third kappa shape index (κ3) is 3.58. The summed E-state index contributed by atoms with van der Waals surface area (Å²) in [4.78, 5) is 3.97. The molecule has 0 spiro atoms. The molecule has 2 saturated carbocycles. The molecule has 116 valence electrons. The van der Waals surface area contributed by atoms with Crippen molar-refractivity contribution in [3.63, 3.8) is 0 Å². The van der Waals surface area contributed by atoms with Gasteiger partial charge in [-0.2, -0.15) is 13.2 Å². The Labute approximate surface area is 118 Å². The minimum Gasteiger partial charge on any atom is -0.370 e. The van der Waals surface area contributed by atoms with Crippen LogP contribution in [0.25, 0.3) is 0 Å². The van der Waals surface area contributed by atoms with Gasteiger partial charge in [0.05, 0.1) is 12.0 Å². The largest absolute Gasteiger partial charge is 0.396 e. The lowest BCUT2D eigenvalue weighted by molar-refractivity contribution is -0.245.